The highest BCUT2D eigenvalue weighted by atomic mass is 32.2. The van der Waals surface area contributed by atoms with Gasteiger partial charge < -0.3 is 5.32 Å². The third-order valence-electron chi connectivity index (χ3n) is 4.94. The summed E-state index contributed by atoms with van der Waals surface area (Å²) in [4.78, 5) is 12.3. The van der Waals surface area contributed by atoms with Gasteiger partial charge in [0.25, 0.3) is 15.9 Å². The Morgan fingerprint density at radius 2 is 1.97 bits per heavy atom. The molecule has 0 unspecified atom stereocenters. The van der Waals surface area contributed by atoms with Crippen LogP contribution in [0.3, 0.4) is 0 Å². The zero-order chi connectivity index (χ0) is 20.4. The molecular formula is C19H19FN4O3S2. The van der Waals surface area contributed by atoms with E-state index < -0.39 is 21.7 Å². The Morgan fingerprint density at radius 1 is 1.21 bits per heavy atom. The van der Waals surface area contributed by atoms with E-state index in [2.05, 4.69) is 15.5 Å². The molecule has 1 amide bonds. The van der Waals surface area contributed by atoms with Crippen LogP contribution in [0.2, 0.25) is 0 Å². The fraction of sp³-hybridized carbons (Fsp3) is 0.263. The Bertz CT molecular complexity index is 1100. The van der Waals surface area contributed by atoms with Gasteiger partial charge in [0.2, 0.25) is 0 Å². The highest BCUT2D eigenvalue weighted by Gasteiger charge is 2.31. The largest absolute Gasteiger partial charge is 0.318 e. The van der Waals surface area contributed by atoms with Gasteiger partial charge in [-0.3, -0.25) is 9.89 Å². The number of H-pyrrole nitrogens is 1. The minimum Gasteiger partial charge on any atom is -0.318 e. The molecule has 1 aliphatic heterocycles. The van der Waals surface area contributed by atoms with Crippen molar-refractivity contribution in [1.29, 1.82) is 0 Å². The van der Waals surface area contributed by atoms with E-state index in [0.29, 0.717) is 30.1 Å². The third kappa shape index (κ3) is 4.09. The number of rotatable bonds is 5. The van der Waals surface area contributed by atoms with E-state index in [1.165, 1.54) is 27.8 Å². The zero-order valence-electron chi connectivity index (χ0n) is 15.3. The molecule has 0 spiro atoms. The number of benzene rings is 1. The standard InChI is InChI=1S/C19H19FN4O3S2/c20-14-4-1-2-5-15(14)21-19(25)17-12-16(22-23-17)13-7-9-24(10-8-13)29(26,27)18-6-3-11-28-18/h1-6,11-13H,7-10H2,(H,21,25)(H,22,23). The summed E-state index contributed by atoms with van der Waals surface area (Å²) in [6.07, 6.45) is 1.25. The third-order valence-corrected chi connectivity index (χ3v) is 8.21. The predicted molar refractivity (Wildman–Crippen MR) is 108 cm³/mol. The van der Waals surface area contributed by atoms with Crippen molar-refractivity contribution >= 4 is 33.0 Å². The number of aromatic nitrogens is 2. The van der Waals surface area contributed by atoms with Crippen LogP contribution < -0.4 is 5.32 Å². The molecule has 1 saturated heterocycles. The number of hydrogen-bond donors (Lipinski definition) is 2. The molecule has 29 heavy (non-hydrogen) atoms. The first-order valence-electron chi connectivity index (χ1n) is 9.10. The number of para-hydroxylation sites is 1. The maximum atomic E-state index is 13.7. The Kier molecular flexibility index (Phi) is 5.48. The van der Waals surface area contributed by atoms with Crippen LogP contribution in [0.4, 0.5) is 10.1 Å². The molecule has 7 nitrogen and oxygen atoms in total. The second-order valence-electron chi connectivity index (χ2n) is 6.75. The number of aromatic amines is 1. The summed E-state index contributed by atoms with van der Waals surface area (Å²) in [5, 5.41) is 11.2. The van der Waals surface area contributed by atoms with E-state index >= 15 is 0 Å². The summed E-state index contributed by atoms with van der Waals surface area (Å²) in [5.74, 6) is -0.946. The number of thiophene rings is 1. The summed E-state index contributed by atoms with van der Waals surface area (Å²) >= 11 is 1.21. The minimum absolute atomic E-state index is 0.0762. The van der Waals surface area contributed by atoms with Gasteiger partial charge >= 0.3 is 0 Å². The van der Waals surface area contributed by atoms with E-state index in [0.717, 1.165) is 5.69 Å². The van der Waals surface area contributed by atoms with E-state index in [-0.39, 0.29) is 17.3 Å². The van der Waals surface area contributed by atoms with E-state index in [9.17, 15) is 17.6 Å². The first-order valence-corrected chi connectivity index (χ1v) is 11.4. The molecule has 2 aromatic heterocycles. The van der Waals surface area contributed by atoms with Crippen molar-refractivity contribution in [2.24, 2.45) is 0 Å². The molecule has 152 valence electrons. The number of hydrogen-bond acceptors (Lipinski definition) is 5. The second kappa shape index (κ2) is 8.05. The van der Waals surface area contributed by atoms with Crippen molar-refractivity contribution < 1.29 is 17.6 Å². The molecule has 0 aliphatic carbocycles. The smallest absolute Gasteiger partial charge is 0.276 e. The highest BCUT2D eigenvalue weighted by molar-refractivity contribution is 7.91. The molecule has 1 aromatic carbocycles. The van der Waals surface area contributed by atoms with Crippen LogP contribution in [0.5, 0.6) is 0 Å². The molecule has 0 atom stereocenters. The molecule has 0 radical (unpaired) electrons. The fourth-order valence-corrected chi connectivity index (χ4v) is 5.97. The van der Waals surface area contributed by atoms with Gasteiger partial charge in [-0.05, 0) is 42.5 Å². The normalized spacial score (nSPS) is 16.0. The summed E-state index contributed by atoms with van der Waals surface area (Å²) in [6.45, 7) is 0.807. The van der Waals surface area contributed by atoms with Crippen molar-refractivity contribution in [3.8, 4) is 0 Å². The molecule has 10 heteroatoms. The van der Waals surface area contributed by atoms with Gasteiger partial charge in [-0.1, -0.05) is 18.2 Å². The number of anilines is 1. The van der Waals surface area contributed by atoms with Crippen LogP contribution in [-0.2, 0) is 10.0 Å². The lowest BCUT2D eigenvalue weighted by molar-refractivity contribution is 0.102. The lowest BCUT2D eigenvalue weighted by atomic mass is 9.94. The molecule has 0 saturated carbocycles. The van der Waals surface area contributed by atoms with Gasteiger partial charge in [-0.15, -0.1) is 11.3 Å². The monoisotopic (exact) mass is 434 g/mol. The van der Waals surface area contributed by atoms with Gasteiger partial charge in [0.15, 0.2) is 5.69 Å². The van der Waals surface area contributed by atoms with Gasteiger partial charge in [0, 0.05) is 24.7 Å². The summed E-state index contributed by atoms with van der Waals surface area (Å²) in [6, 6.07) is 10.9. The van der Waals surface area contributed by atoms with Crippen molar-refractivity contribution in [1.82, 2.24) is 14.5 Å². The van der Waals surface area contributed by atoms with E-state index in [4.69, 9.17) is 0 Å². The second-order valence-corrected chi connectivity index (χ2v) is 9.87. The average Bonchev–Trinajstić information content (AvgIpc) is 3.42. The van der Waals surface area contributed by atoms with Crippen molar-refractivity contribution in [3.63, 3.8) is 0 Å². The maximum Gasteiger partial charge on any atom is 0.276 e. The number of carbonyl (C=O) groups is 1. The van der Waals surface area contributed by atoms with Crippen LogP contribution in [0.1, 0.15) is 34.9 Å². The molecule has 2 N–H and O–H groups in total. The first-order chi connectivity index (χ1) is 13.9. The summed E-state index contributed by atoms with van der Waals surface area (Å²) < 4.78 is 40.8. The highest BCUT2D eigenvalue weighted by Crippen LogP contribution is 2.31. The number of sulfonamides is 1. The predicted octanol–water partition coefficient (Wildman–Crippen LogP) is 3.43. The van der Waals surface area contributed by atoms with Crippen LogP contribution in [0, 0.1) is 5.82 Å². The van der Waals surface area contributed by atoms with Gasteiger partial charge in [0.1, 0.15) is 10.0 Å². The number of nitrogens with one attached hydrogen (secondary N) is 2. The number of halogens is 1. The maximum absolute atomic E-state index is 13.7. The van der Waals surface area contributed by atoms with Crippen LogP contribution in [-0.4, -0.2) is 41.9 Å². The first kappa shape index (κ1) is 19.7. The Labute approximate surface area is 171 Å². The fourth-order valence-electron chi connectivity index (χ4n) is 3.36. The molecule has 0 bridgehead atoms. The minimum atomic E-state index is -3.44. The number of nitrogens with zero attached hydrogens (tertiary/aromatic N) is 2. The van der Waals surface area contributed by atoms with Gasteiger partial charge in [-0.25, -0.2) is 12.8 Å². The summed E-state index contributed by atoms with van der Waals surface area (Å²) in [5.41, 5.74) is 1.03. The topological polar surface area (TPSA) is 95.2 Å². The summed E-state index contributed by atoms with van der Waals surface area (Å²) in [7, 11) is -3.44. The number of piperidine rings is 1. The molecule has 3 heterocycles. The molecular weight excluding hydrogens is 415 g/mol. The molecule has 1 aliphatic rings. The molecule has 1 fully saturated rings. The number of carbonyl (C=O) groups excluding carboxylic acids is 1. The Balaban J connectivity index is 1.39. The molecule has 3 aromatic rings. The van der Waals surface area contributed by atoms with Gasteiger partial charge in [-0.2, -0.15) is 9.40 Å². The van der Waals surface area contributed by atoms with Crippen molar-refractivity contribution in [2.45, 2.75) is 23.0 Å². The Hall–Kier alpha value is -2.56. The quantitative estimate of drug-likeness (QED) is 0.643. The number of amides is 1. The van der Waals surface area contributed by atoms with Gasteiger partial charge in [0.05, 0.1) is 5.69 Å². The van der Waals surface area contributed by atoms with E-state index in [1.807, 2.05) is 0 Å². The van der Waals surface area contributed by atoms with Crippen molar-refractivity contribution in [2.75, 3.05) is 18.4 Å². The van der Waals surface area contributed by atoms with Crippen LogP contribution >= 0.6 is 11.3 Å². The zero-order valence-corrected chi connectivity index (χ0v) is 17.0. The van der Waals surface area contributed by atoms with Crippen LogP contribution in [0.15, 0.2) is 52.1 Å². The lowest BCUT2D eigenvalue weighted by Gasteiger charge is -2.30. The SMILES string of the molecule is O=C(Nc1ccccc1F)c1cc(C2CCN(S(=O)(=O)c3cccs3)CC2)[nH]n1. The average molecular weight is 435 g/mol. The molecule has 4 rings (SSSR count). The van der Waals surface area contributed by atoms with Crippen molar-refractivity contribution in [3.05, 3.63) is 65.0 Å². The van der Waals surface area contributed by atoms with E-state index in [1.54, 1.807) is 35.7 Å². The lowest BCUT2D eigenvalue weighted by Crippen LogP contribution is -2.37. The van der Waals surface area contributed by atoms with Crippen LogP contribution in [0.25, 0.3) is 0 Å². The Morgan fingerprint density at radius 3 is 2.66 bits per heavy atom.